The maximum atomic E-state index is 11.4. The van der Waals surface area contributed by atoms with Crippen LogP contribution in [-0.2, 0) is 4.79 Å². The third-order valence-corrected chi connectivity index (χ3v) is 5.15. The molecule has 0 aromatic carbocycles. The van der Waals surface area contributed by atoms with Gasteiger partial charge in [-0.1, -0.05) is 96.1 Å². The normalized spacial score (nSPS) is 11.3. The van der Waals surface area contributed by atoms with E-state index < -0.39 is 0 Å². The highest BCUT2D eigenvalue weighted by atomic mass is 16.2. The van der Waals surface area contributed by atoms with Gasteiger partial charge in [-0.2, -0.15) is 0 Å². The predicted octanol–water partition coefficient (Wildman–Crippen LogP) is 7.67. The van der Waals surface area contributed by atoms with Crippen molar-refractivity contribution in [1.82, 2.24) is 4.90 Å². The van der Waals surface area contributed by atoms with Crippen LogP contribution in [0.3, 0.4) is 0 Å². The first-order valence-corrected chi connectivity index (χ1v) is 11.5. The minimum absolute atomic E-state index is 0.269. The monoisotopic (exact) mass is 365 g/mol. The van der Waals surface area contributed by atoms with E-state index in [-0.39, 0.29) is 5.91 Å². The zero-order valence-corrected chi connectivity index (χ0v) is 18.2. The van der Waals surface area contributed by atoms with Gasteiger partial charge in [0, 0.05) is 20.5 Å². The second kappa shape index (κ2) is 20.5. The fourth-order valence-electron chi connectivity index (χ4n) is 3.28. The first kappa shape index (κ1) is 25.2. The predicted molar refractivity (Wildman–Crippen MR) is 117 cm³/mol. The molecule has 0 aliphatic heterocycles. The summed E-state index contributed by atoms with van der Waals surface area (Å²) in [6, 6.07) is 0. The number of rotatable bonds is 19. The van der Waals surface area contributed by atoms with Crippen molar-refractivity contribution < 1.29 is 4.79 Å². The topological polar surface area (TPSA) is 20.3 Å². The van der Waals surface area contributed by atoms with Gasteiger partial charge in [-0.25, -0.2) is 0 Å². The van der Waals surface area contributed by atoms with E-state index in [4.69, 9.17) is 0 Å². The molecule has 0 heterocycles. The fourth-order valence-corrected chi connectivity index (χ4v) is 3.28. The third kappa shape index (κ3) is 19.5. The van der Waals surface area contributed by atoms with Gasteiger partial charge < -0.3 is 4.90 Å². The Morgan fingerprint density at radius 2 is 1.00 bits per heavy atom. The van der Waals surface area contributed by atoms with Gasteiger partial charge in [-0.15, -0.1) is 0 Å². The van der Waals surface area contributed by atoms with Crippen molar-refractivity contribution in [2.45, 2.75) is 122 Å². The molecule has 2 heteroatoms. The Hall–Kier alpha value is -0.790. The fraction of sp³-hybridized carbons (Fsp3) is 0.875. The van der Waals surface area contributed by atoms with Crippen molar-refractivity contribution in [3.05, 3.63) is 12.2 Å². The van der Waals surface area contributed by atoms with Gasteiger partial charge >= 0.3 is 0 Å². The molecule has 0 bridgehead atoms. The van der Waals surface area contributed by atoms with Crippen LogP contribution in [0.15, 0.2) is 12.2 Å². The smallest absolute Gasteiger partial charge is 0.222 e. The van der Waals surface area contributed by atoms with Crippen LogP contribution in [0.4, 0.5) is 0 Å². The molecule has 0 aromatic heterocycles. The maximum absolute atomic E-state index is 11.4. The van der Waals surface area contributed by atoms with Gasteiger partial charge in [-0.3, -0.25) is 4.79 Å². The lowest BCUT2D eigenvalue weighted by Crippen LogP contribution is -2.20. The Kier molecular flexibility index (Phi) is 19.9. The molecule has 0 aromatic rings. The molecule has 0 N–H and O–H groups in total. The van der Waals surface area contributed by atoms with Gasteiger partial charge in [0.05, 0.1) is 0 Å². The van der Waals surface area contributed by atoms with Crippen molar-refractivity contribution in [2.75, 3.05) is 14.1 Å². The minimum Gasteiger partial charge on any atom is -0.349 e. The van der Waals surface area contributed by atoms with Gasteiger partial charge in [0.15, 0.2) is 0 Å². The standard InChI is InChI=1S/C24H47NO/c1-4-5-6-7-8-9-10-11-12-13-14-15-16-17-18-19-20-21-22-23-24(26)25(2)3/h11-12H,4-10,13-23H2,1-3H3. The molecule has 0 unspecified atom stereocenters. The largest absolute Gasteiger partial charge is 0.349 e. The zero-order chi connectivity index (χ0) is 19.3. The summed E-state index contributed by atoms with van der Waals surface area (Å²) in [6.45, 7) is 2.28. The number of carbonyl (C=O) groups is 1. The summed E-state index contributed by atoms with van der Waals surface area (Å²) < 4.78 is 0. The van der Waals surface area contributed by atoms with Crippen molar-refractivity contribution in [1.29, 1.82) is 0 Å². The second-order valence-corrected chi connectivity index (χ2v) is 8.04. The zero-order valence-electron chi connectivity index (χ0n) is 18.2. The molecule has 0 aliphatic carbocycles. The van der Waals surface area contributed by atoms with Crippen molar-refractivity contribution >= 4 is 5.91 Å². The quantitative estimate of drug-likeness (QED) is 0.170. The number of unbranched alkanes of at least 4 members (excludes halogenated alkanes) is 15. The van der Waals surface area contributed by atoms with Crippen LogP contribution >= 0.6 is 0 Å². The Bertz CT molecular complexity index is 322. The number of hydrogen-bond donors (Lipinski definition) is 0. The third-order valence-electron chi connectivity index (χ3n) is 5.15. The van der Waals surface area contributed by atoms with E-state index in [0.717, 1.165) is 12.8 Å². The van der Waals surface area contributed by atoms with Crippen LogP contribution in [0.1, 0.15) is 122 Å². The molecule has 0 aliphatic rings. The van der Waals surface area contributed by atoms with E-state index in [2.05, 4.69) is 19.1 Å². The summed E-state index contributed by atoms with van der Waals surface area (Å²) in [6.07, 6.45) is 28.3. The van der Waals surface area contributed by atoms with Crippen LogP contribution in [0.25, 0.3) is 0 Å². The first-order valence-electron chi connectivity index (χ1n) is 11.5. The molecule has 0 fully saturated rings. The van der Waals surface area contributed by atoms with E-state index >= 15 is 0 Å². The van der Waals surface area contributed by atoms with E-state index in [1.54, 1.807) is 4.90 Å². The van der Waals surface area contributed by atoms with Crippen LogP contribution in [0, 0.1) is 0 Å². The van der Waals surface area contributed by atoms with Crippen LogP contribution in [-0.4, -0.2) is 24.9 Å². The highest BCUT2D eigenvalue weighted by Gasteiger charge is 2.02. The maximum Gasteiger partial charge on any atom is 0.222 e. The molecule has 26 heavy (non-hydrogen) atoms. The molecule has 0 saturated carbocycles. The summed E-state index contributed by atoms with van der Waals surface area (Å²) in [4.78, 5) is 13.1. The Morgan fingerprint density at radius 1 is 0.615 bits per heavy atom. The number of allylic oxidation sites excluding steroid dienone is 2. The van der Waals surface area contributed by atoms with Gasteiger partial charge in [0.1, 0.15) is 0 Å². The van der Waals surface area contributed by atoms with Crippen molar-refractivity contribution in [3.8, 4) is 0 Å². The number of nitrogens with zero attached hydrogens (tertiary/aromatic N) is 1. The lowest BCUT2D eigenvalue weighted by molar-refractivity contribution is -0.128. The van der Waals surface area contributed by atoms with Crippen LogP contribution < -0.4 is 0 Å². The molecule has 0 spiro atoms. The van der Waals surface area contributed by atoms with E-state index in [1.165, 1.54) is 103 Å². The first-order chi connectivity index (χ1) is 12.7. The Balaban J connectivity index is 3.13. The van der Waals surface area contributed by atoms with Crippen molar-refractivity contribution in [3.63, 3.8) is 0 Å². The molecule has 0 saturated heterocycles. The van der Waals surface area contributed by atoms with Crippen LogP contribution in [0.5, 0.6) is 0 Å². The average molecular weight is 366 g/mol. The second-order valence-electron chi connectivity index (χ2n) is 8.04. The molecule has 0 radical (unpaired) electrons. The molecule has 2 nitrogen and oxygen atoms in total. The Morgan fingerprint density at radius 3 is 1.42 bits per heavy atom. The van der Waals surface area contributed by atoms with Gasteiger partial charge in [0.25, 0.3) is 0 Å². The average Bonchev–Trinajstić information content (AvgIpc) is 2.63. The number of amides is 1. The Labute approximate surface area is 164 Å². The SMILES string of the molecule is CCCCCCCCC=CCCCCCCCCCCCC(=O)N(C)C. The molecule has 154 valence electrons. The summed E-state index contributed by atoms with van der Waals surface area (Å²) in [5.41, 5.74) is 0. The summed E-state index contributed by atoms with van der Waals surface area (Å²) >= 11 is 0. The minimum atomic E-state index is 0.269. The summed E-state index contributed by atoms with van der Waals surface area (Å²) in [5.74, 6) is 0.269. The lowest BCUT2D eigenvalue weighted by Gasteiger charge is -2.09. The van der Waals surface area contributed by atoms with Crippen LogP contribution in [0.2, 0.25) is 0 Å². The highest BCUT2D eigenvalue weighted by molar-refractivity contribution is 5.75. The van der Waals surface area contributed by atoms with Gasteiger partial charge in [-0.05, 0) is 32.1 Å². The number of carbonyl (C=O) groups excluding carboxylic acids is 1. The van der Waals surface area contributed by atoms with E-state index in [1.807, 2.05) is 14.1 Å². The molecular formula is C24H47NO. The molecular weight excluding hydrogens is 318 g/mol. The molecule has 0 rings (SSSR count). The summed E-state index contributed by atoms with van der Waals surface area (Å²) in [5, 5.41) is 0. The molecule has 0 atom stereocenters. The van der Waals surface area contributed by atoms with Crippen molar-refractivity contribution in [2.24, 2.45) is 0 Å². The van der Waals surface area contributed by atoms with Gasteiger partial charge in [0.2, 0.25) is 5.91 Å². The highest BCUT2D eigenvalue weighted by Crippen LogP contribution is 2.12. The lowest BCUT2D eigenvalue weighted by atomic mass is 10.1. The number of hydrogen-bond acceptors (Lipinski definition) is 1. The van der Waals surface area contributed by atoms with E-state index in [9.17, 15) is 4.79 Å². The molecule has 1 amide bonds. The summed E-state index contributed by atoms with van der Waals surface area (Å²) in [7, 11) is 3.68. The van der Waals surface area contributed by atoms with E-state index in [0.29, 0.717) is 0 Å².